The Labute approximate surface area is 126 Å². The lowest BCUT2D eigenvalue weighted by Crippen LogP contribution is -2.14. The lowest BCUT2D eigenvalue weighted by molar-refractivity contribution is 0.579. The van der Waals surface area contributed by atoms with Crippen LogP contribution in [0.25, 0.3) is 21.8 Å². The number of fused-ring (bicyclic) bond motifs is 2. The fraction of sp³-hybridized carbons (Fsp3) is 0. The molecule has 108 valence electrons. The van der Waals surface area contributed by atoms with Gasteiger partial charge in [-0.05, 0) is 35.0 Å². The molecule has 0 spiro atoms. The lowest BCUT2D eigenvalue weighted by Gasteiger charge is -2.06. The fourth-order valence-electron chi connectivity index (χ4n) is 2.45. The highest BCUT2D eigenvalue weighted by molar-refractivity contribution is 7.90. The summed E-state index contributed by atoms with van der Waals surface area (Å²) in [6.07, 6.45) is 0. The summed E-state index contributed by atoms with van der Waals surface area (Å²) >= 11 is 0. The zero-order chi connectivity index (χ0) is 15.2. The van der Waals surface area contributed by atoms with Crippen molar-refractivity contribution in [3.05, 3.63) is 66.7 Å². The van der Waals surface area contributed by atoms with E-state index in [9.17, 15) is 8.42 Å². The zero-order valence-electron chi connectivity index (χ0n) is 11.4. The van der Waals surface area contributed by atoms with Gasteiger partial charge in [-0.1, -0.05) is 47.7 Å². The van der Waals surface area contributed by atoms with Crippen molar-refractivity contribution in [2.75, 3.05) is 0 Å². The van der Waals surface area contributed by atoms with E-state index in [0.29, 0.717) is 11.0 Å². The van der Waals surface area contributed by atoms with Gasteiger partial charge in [0.25, 0.3) is 10.0 Å². The van der Waals surface area contributed by atoms with Crippen LogP contribution in [-0.4, -0.2) is 22.8 Å². The Hall–Kier alpha value is -2.73. The average molecular weight is 309 g/mol. The number of rotatable bonds is 2. The van der Waals surface area contributed by atoms with E-state index in [1.54, 1.807) is 42.5 Å². The van der Waals surface area contributed by atoms with Crippen molar-refractivity contribution in [1.82, 2.24) is 14.4 Å². The van der Waals surface area contributed by atoms with Crippen LogP contribution in [0.2, 0.25) is 0 Å². The first-order chi connectivity index (χ1) is 10.7. The zero-order valence-corrected chi connectivity index (χ0v) is 12.2. The minimum absolute atomic E-state index is 0.196. The maximum Gasteiger partial charge on any atom is 0.284 e. The molecule has 1 heterocycles. The molecule has 5 nitrogen and oxygen atoms in total. The second kappa shape index (κ2) is 4.64. The molecular weight excluding hydrogens is 298 g/mol. The molecule has 0 bridgehead atoms. The van der Waals surface area contributed by atoms with Crippen molar-refractivity contribution in [3.63, 3.8) is 0 Å². The van der Waals surface area contributed by atoms with Crippen LogP contribution in [0, 0.1) is 0 Å². The number of hydrogen-bond acceptors (Lipinski definition) is 4. The summed E-state index contributed by atoms with van der Waals surface area (Å²) in [7, 11) is -3.77. The van der Waals surface area contributed by atoms with Crippen molar-refractivity contribution >= 4 is 31.8 Å². The highest BCUT2D eigenvalue weighted by Crippen LogP contribution is 2.22. The number of hydrogen-bond donors (Lipinski definition) is 0. The van der Waals surface area contributed by atoms with E-state index in [1.165, 1.54) is 0 Å². The highest BCUT2D eigenvalue weighted by atomic mass is 32.2. The molecule has 0 aliphatic rings. The predicted octanol–water partition coefficient (Wildman–Crippen LogP) is 2.82. The molecule has 0 atom stereocenters. The van der Waals surface area contributed by atoms with E-state index in [-0.39, 0.29) is 4.90 Å². The molecule has 0 fully saturated rings. The van der Waals surface area contributed by atoms with Crippen LogP contribution < -0.4 is 0 Å². The Morgan fingerprint density at radius 2 is 1.55 bits per heavy atom. The van der Waals surface area contributed by atoms with E-state index in [1.807, 2.05) is 24.3 Å². The van der Waals surface area contributed by atoms with Gasteiger partial charge in [-0.3, -0.25) is 0 Å². The smallest absolute Gasteiger partial charge is 0.199 e. The normalized spacial score (nSPS) is 12.0. The summed E-state index contributed by atoms with van der Waals surface area (Å²) < 4.78 is 26.6. The summed E-state index contributed by atoms with van der Waals surface area (Å²) in [5.41, 5.74) is 1.02. The Balaban J connectivity index is 1.95. The monoisotopic (exact) mass is 309 g/mol. The Morgan fingerprint density at radius 1 is 0.818 bits per heavy atom. The molecular formula is C16H11N3O2S. The molecule has 0 N–H and O–H groups in total. The van der Waals surface area contributed by atoms with Crippen molar-refractivity contribution < 1.29 is 8.42 Å². The number of aromatic nitrogens is 3. The Kier molecular flexibility index (Phi) is 2.74. The third kappa shape index (κ3) is 1.88. The number of nitrogens with zero attached hydrogens (tertiary/aromatic N) is 3. The third-order valence-corrected chi connectivity index (χ3v) is 5.14. The van der Waals surface area contributed by atoms with Crippen molar-refractivity contribution in [2.24, 2.45) is 0 Å². The van der Waals surface area contributed by atoms with Gasteiger partial charge in [-0.15, -0.1) is 9.19 Å². The van der Waals surface area contributed by atoms with Crippen LogP contribution in [0.5, 0.6) is 0 Å². The maximum atomic E-state index is 12.8. The summed E-state index contributed by atoms with van der Waals surface area (Å²) in [5, 5.41) is 9.57. The molecule has 0 saturated carbocycles. The molecule has 3 aromatic carbocycles. The molecule has 4 aromatic rings. The van der Waals surface area contributed by atoms with E-state index in [2.05, 4.69) is 10.3 Å². The molecule has 0 aliphatic carbocycles. The molecule has 4 rings (SSSR count). The van der Waals surface area contributed by atoms with E-state index >= 15 is 0 Å². The molecule has 0 saturated heterocycles. The van der Waals surface area contributed by atoms with Crippen molar-refractivity contribution in [3.8, 4) is 0 Å². The fourth-order valence-corrected chi connectivity index (χ4v) is 3.71. The second-order valence-corrected chi connectivity index (χ2v) is 6.70. The van der Waals surface area contributed by atoms with Crippen LogP contribution in [0.1, 0.15) is 0 Å². The minimum Gasteiger partial charge on any atom is -0.199 e. The van der Waals surface area contributed by atoms with Crippen LogP contribution in [0.4, 0.5) is 0 Å². The van der Waals surface area contributed by atoms with E-state index in [4.69, 9.17) is 0 Å². The predicted molar refractivity (Wildman–Crippen MR) is 84.1 cm³/mol. The molecule has 1 aromatic heterocycles. The van der Waals surface area contributed by atoms with Gasteiger partial charge < -0.3 is 0 Å². The molecule has 6 heteroatoms. The standard InChI is InChI=1S/C16H11N3O2S/c20-22(21,19-16-8-4-3-7-15(16)17-18-19)14-10-9-12-5-1-2-6-13(12)11-14/h1-11H. The summed E-state index contributed by atoms with van der Waals surface area (Å²) in [5.74, 6) is 0. The lowest BCUT2D eigenvalue weighted by atomic mass is 10.1. The van der Waals surface area contributed by atoms with Gasteiger partial charge in [0.15, 0.2) is 0 Å². The maximum absolute atomic E-state index is 12.8. The Bertz CT molecular complexity index is 1100. The summed E-state index contributed by atoms with van der Waals surface area (Å²) in [6, 6.07) is 19.6. The topological polar surface area (TPSA) is 64.8 Å². The van der Waals surface area contributed by atoms with Crippen LogP contribution >= 0.6 is 0 Å². The summed E-state index contributed by atoms with van der Waals surface area (Å²) in [4.78, 5) is 0.196. The number of benzene rings is 3. The van der Waals surface area contributed by atoms with Gasteiger partial charge in [0, 0.05) is 0 Å². The SMILES string of the molecule is O=S(=O)(c1ccc2ccccc2c1)n1nnc2ccccc21. The Morgan fingerprint density at radius 3 is 2.41 bits per heavy atom. The van der Waals surface area contributed by atoms with Crippen LogP contribution in [-0.2, 0) is 10.0 Å². The average Bonchev–Trinajstić information content (AvgIpc) is 2.99. The van der Waals surface area contributed by atoms with Gasteiger partial charge in [-0.25, -0.2) is 0 Å². The largest absolute Gasteiger partial charge is 0.284 e. The summed E-state index contributed by atoms with van der Waals surface area (Å²) in [6.45, 7) is 0. The third-order valence-electron chi connectivity index (χ3n) is 3.57. The highest BCUT2D eigenvalue weighted by Gasteiger charge is 2.21. The first-order valence-electron chi connectivity index (χ1n) is 6.71. The van der Waals surface area contributed by atoms with Gasteiger partial charge in [0.05, 0.1) is 4.90 Å². The van der Waals surface area contributed by atoms with Gasteiger partial charge in [0.2, 0.25) is 0 Å². The quantitative estimate of drug-likeness (QED) is 0.571. The van der Waals surface area contributed by atoms with Gasteiger partial charge in [-0.2, -0.15) is 8.42 Å². The van der Waals surface area contributed by atoms with Gasteiger partial charge >= 0.3 is 0 Å². The second-order valence-electron chi connectivity index (χ2n) is 4.94. The van der Waals surface area contributed by atoms with E-state index < -0.39 is 10.0 Å². The van der Waals surface area contributed by atoms with Gasteiger partial charge in [0.1, 0.15) is 11.0 Å². The first-order valence-corrected chi connectivity index (χ1v) is 8.15. The minimum atomic E-state index is -3.77. The number of para-hydroxylation sites is 1. The van der Waals surface area contributed by atoms with Crippen molar-refractivity contribution in [1.29, 1.82) is 0 Å². The molecule has 0 radical (unpaired) electrons. The van der Waals surface area contributed by atoms with Crippen molar-refractivity contribution in [2.45, 2.75) is 4.90 Å². The molecule has 0 aliphatic heterocycles. The van der Waals surface area contributed by atoms with E-state index in [0.717, 1.165) is 14.9 Å². The molecule has 0 unspecified atom stereocenters. The first kappa shape index (κ1) is 13.0. The van der Waals surface area contributed by atoms with Crippen LogP contribution in [0.15, 0.2) is 71.6 Å². The molecule has 22 heavy (non-hydrogen) atoms. The molecule has 0 amide bonds. The van der Waals surface area contributed by atoms with Crippen LogP contribution in [0.3, 0.4) is 0 Å².